The molecule has 0 aliphatic heterocycles. The monoisotopic (exact) mass is 249 g/mol. The Bertz CT molecular complexity index is 267. The van der Waals surface area contributed by atoms with Crippen LogP contribution in [0.4, 0.5) is 5.69 Å². The molecule has 0 unspecified atom stereocenters. The van der Waals surface area contributed by atoms with Crippen molar-refractivity contribution in [3.63, 3.8) is 0 Å². The van der Waals surface area contributed by atoms with Crippen LogP contribution in [0.5, 0.6) is 5.75 Å². The maximum absolute atomic E-state index is 8.89. The standard InChI is InChI=1S/C8H9NO2.BrH.H2O/c1-6(10)9-7-2-4-8(11)5-3-7;;/h2-5,11H,1H3,(H,9,10);1H;1H2. The van der Waals surface area contributed by atoms with Gasteiger partial charge < -0.3 is 32.7 Å². The maximum atomic E-state index is 8.89. The van der Waals surface area contributed by atoms with E-state index in [1.807, 2.05) is 0 Å². The van der Waals surface area contributed by atoms with Crippen molar-refractivity contribution >= 4 is 11.6 Å². The van der Waals surface area contributed by atoms with Crippen molar-refractivity contribution in [1.82, 2.24) is 0 Å². The summed E-state index contributed by atoms with van der Waals surface area (Å²) in [6.45, 7) is 1.55. The first-order valence-corrected chi connectivity index (χ1v) is 3.27. The van der Waals surface area contributed by atoms with Crippen molar-refractivity contribution in [3.05, 3.63) is 24.3 Å². The number of benzene rings is 1. The average Bonchev–Trinajstić information content (AvgIpc) is 1.93. The molecule has 0 aliphatic rings. The van der Waals surface area contributed by atoms with Crippen molar-refractivity contribution in [2.24, 2.45) is 0 Å². The zero-order valence-corrected chi connectivity index (χ0v) is 8.67. The highest BCUT2D eigenvalue weighted by molar-refractivity contribution is 5.65. The molecule has 0 heterocycles. The van der Waals surface area contributed by atoms with Gasteiger partial charge in [-0.1, -0.05) is 0 Å². The molecule has 0 saturated heterocycles. The van der Waals surface area contributed by atoms with Crippen molar-refractivity contribution in [2.75, 3.05) is 0 Å². The van der Waals surface area contributed by atoms with Crippen LogP contribution < -0.4 is 22.0 Å². The molecule has 0 fully saturated rings. The third kappa shape index (κ3) is 5.21. The number of aliphatic hydroxyl groups excluding tert-OH is 1. The van der Waals surface area contributed by atoms with E-state index in [4.69, 9.17) is 10.2 Å². The fourth-order valence-electron chi connectivity index (χ4n) is 0.754. The Morgan fingerprint density at radius 3 is 2.08 bits per heavy atom. The van der Waals surface area contributed by atoms with Gasteiger partial charge in [-0.25, -0.2) is 0 Å². The molecule has 0 bridgehead atoms. The Morgan fingerprint density at radius 2 is 1.69 bits per heavy atom. The van der Waals surface area contributed by atoms with Crippen molar-refractivity contribution < 1.29 is 37.7 Å². The largest absolute Gasteiger partial charge is 1.00 e. The molecule has 0 saturated carbocycles. The number of phenolic OH excluding ortho intramolecular Hbond substituents is 1. The summed E-state index contributed by atoms with van der Waals surface area (Å²) in [5, 5.41) is 17.7. The molecule has 5 N–H and O–H groups in total. The van der Waals surface area contributed by atoms with Gasteiger partial charge in [-0.15, -0.1) is 0 Å². The zero-order valence-electron chi connectivity index (χ0n) is 7.08. The molecule has 0 spiro atoms. The summed E-state index contributed by atoms with van der Waals surface area (Å²) in [7, 11) is 0. The second-order valence-corrected chi connectivity index (χ2v) is 2.26. The van der Waals surface area contributed by atoms with E-state index in [0.29, 0.717) is 0 Å². The van der Waals surface area contributed by atoms with Crippen LogP contribution >= 0.6 is 0 Å². The lowest BCUT2D eigenvalue weighted by atomic mass is 10.3. The number of phenols is 1. The van der Waals surface area contributed by atoms with Crippen molar-refractivity contribution in [3.8, 4) is 5.75 Å². The molecule has 0 atom stereocenters. The third-order valence-corrected chi connectivity index (χ3v) is 1.19. The first kappa shape index (κ1) is 14.5. The van der Waals surface area contributed by atoms with Gasteiger partial charge in [-0.2, -0.15) is 4.99 Å². The van der Waals surface area contributed by atoms with E-state index < -0.39 is 0 Å². The number of aliphatic hydroxyl groups is 1. The molecule has 0 aromatic heterocycles. The Kier molecular flexibility index (Phi) is 7.17. The summed E-state index contributed by atoms with van der Waals surface area (Å²) in [4.78, 5) is 2.69. The van der Waals surface area contributed by atoms with Crippen LogP contribution in [0, 0.1) is 0 Å². The first-order valence-electron chi connectivity index (χ1n) is 3.27. The lowest BCUT2D eigenvalue weighted by Gasteiger charge is -1.88. The molecule has 1 aromatic carbocycles. The zero-order chi connectivity index (χ0) is 8.27. The highest BCUT2D eigenvalue weighted by Crippen LogP contribution is 2.08. The lowest BCUT2D eigenvalue weighted by molar-refractivity contribution is -0.366. The van der Waals surface area contributed by atoms with E-state index in [9.17, 15) is 0 Å². The quantitative estimate of drug-likeness (QED) is 0.272. The fraction of sp³-hybridized carbons (Fsp3) is 0.125. The van der Waals surface area contributed by atoms with E-state index in [1.54, 1.807) is 31.2 Å². The number of halogens is 1. The molecule has 1 rings (SSSR count). The predicted molar refractivity (Wildman–Crippen MR) is 45.7 cm³/mol. The summed E-state index contributed by atoms with van der Waals surface area (Å²) in [5.41, 5.74) is 0.753. The van der Waals surface area contributed by atoms with Gasteiger partial charge in [0, 0.05) is 12.1 Å². The highest BCUT2D eigenvalue weighted by atomic mass is 79.9. The van der Waals surface area contributed by atoms with Crippen molar-refractivity contribution in [1.29, 1.82) is 0 Å². The van der Waals surface area contributed by atoms with E-state index in [2.05, 4.69) is 4.99 Å². The molecule has 4 nitrogen and oxygen atoms in total. The molecular weight excluding hydrogens is 238 g/mol. The molecule has 0 radical (unpaired) electrons. The summed E-state index contributed by atoms with van der Waals surface area (Å²) >= 11 is 0. The highest BCUT2D eigenvalue weighted by Gasteiger charge is 1.96. The van der Waals surface area contributed by atoms with E-state index in [1.165, 1.54) is 0 Å². The Morgan fingerprint density at radius 1 is 1.23 bits per heavy atom. The van der Waals surface area contributed by atoms with Crippen LogP contribution in [0.3, 0.4) is 0 Å². The lowest BCUT2D eigenvalue weighted by Crippen LogP contribution is -3.00. The summed E-state index contributed by atoms with van der Waals surface area (Å²) in [5.74, 6) is 0.349. The van der Waals surface area contributed by atoms with Gasteiger partial charge in [-0.05, 0) is 12.1 Å². The summed E-state index contributed by atoms with van der Waals surface area (Å²) < 4.78 is 0. The predicted octanol–water partition coefficient (Wildman–Crippen LogP) is -3.74. The third-order valence-electron chi connectivity index (χ3n) is 1.19. The fourth-order valence-corrected chi connectivity index (χ4v) is 0.754. The van der Waals surface area contributed by atoms with Gasteiger partial charge in [0.05, 0.1) is 6.92 Å². The maximum Gasteiger partial charge on any atom is 0.334 e. The van der Waals surface area contributed by atoms with E-state index in [-0.39, 0.29) is 34.1 Å². The second kappa shape index (κ2) is 6.45. The van der Waals surface area contributed by atoms with Crippen LogP contribution in [0.1, 0.15) is 6.92 Å². The van der Waals surface area contributed by atoms with E-state index in [0.717, 1.165) is 5.69 Å². The van der Waals surface area contributed by atoms with Crippen LogP contribution in [-0.4, -0.2) is 21.6 Å². The van der Waals surface area contributed by atoms with Gasteiger partial charge in [0.15, 0.2) is 0 Å². The second-order valence-electron chi connectivity index (χ2n) is 2.26. The number of nitrogens with one attached hydrogen (secondary N) is 1. The minimum atomic E-state index is 0. The average molecular weight is 250 g/mol. The number of hydrogen-bond donors (Lipinski definition) is 3. The van der Waals surface area contributed by atoms with E-state index >= 15 is 0 Å². The molecular formula is C8H12BrNO3. The Balaban J connectivity index is 0. The topological polar surface area (TPSA) is 85.9 Å². The van der Waals surface area contributed by atoms with Gasteiger partial charge in [0.1, 0.15) is 5.75 Å². The van der Waals surface area contributed by atoms with Gasteiger partial charge in [-0.3, -0.25) is 0 Å². The van der Waals surface area contributed by atoms with Crippen LogP contribution in [0.2, 0.25) is 0 Å². The van der Waals surface area contributed by atoms with Gasteiger partial charge >= 0.3 is 5.90 Å². The smallest absolute Gasteiger partial charge is 0.334 e. The number of aromatic hydroxyl groups is 1. The molecule has 0 aliphatic carbocycles. The molecule has 1 aromatic rings. The minimum Gasteiger partial charge on any atom is -1.00 e. The van der Waals surface area contributed by atoms with Gasteiger partial charge in [0.25, 0.3) is 0 Å². The molecule has 5 heteroatoms. The normalized spacial score (nSPS) is 9.77. The first-order chi connectivity index (χ1) is 5.18. The number of rotatable bonds is 1. The minimum absolute atomic E-state index is 0. The summed E-state index contributed by atoms with van der Waals surface area (Å²) in [6.07, 6.45) is 0. The van der Waals surface area contributed by atoms with Crippen LogP contribution in [0.25, 0.3) is 0 Å². The van der Waals surface area contributed by atoms with Crippen LogP contribution in [0.15, 0.2) is 24.3 Å². The molecule has 13 heavy (non-hydrogen) atoms. The Labute approximate surface area is 86.6 Å². The summed E-state index contributed by atoms with van der Waals surface area (Å²) in [6, 6.07) is 6.45. The SMILES string of the molecule is CC(O)=[NH+]c1ccc(O)cc1.O.[Br-]. The van der Waals surface area contributed by atoms with Crippen molar-refractivity contribution in [2.45, 2.75) is 6.92 Å². The van der Waals surface area contributed by atoms with Crippen LogP contribution in [-0.2, 0) is 0 Å². The number of hydrogen-bond acceptors (Lipinski definition) is 1. The molecule has 74 valence electrons. The molecule has 0 amide bonds. The van der Waals surface area contributed by atoms with Gasteiger partial charge in [0.2, 0.25) is 5.69 Å². The Hall–Kier alpha value is -1.07.